The Morgan fingerprint density at radius 2 is 0.891 bits per heavy atom. The molecular formula is C78H127N29O20S. The van der Waals surface area contributed by atoms with Crippen LogP contribution in [0.4, 0.5) is 0 Å². The zero-order valence-electron chi connectivity index (χ0n) is 72.0. The molecule has 0 spiro atoms. The number of likely N-dealkylation sites (tertiary alicyclic amines) is 1. The quantitative estimate of drug-likeness (QED) is 0.0108. The van der Waals surface area contributed by atoms with E-state index in [1.807, 2.05) is 0 Å². The number of hydrogen-bond donors (Lipinski definition) is 30. The van der Waals surface area contributed by atoms with Crippen molar-refractivity contribution >= 4 is 125 Å². The maximum absolute atomic E-state index is 14.9. The van der Waals surface area contributed by atoms with Crippen LogP contribution in [0.5, 0.6) is 0 Å². The zero-order chi connectivity index (χ0) is 95.3. The van der Waals surface area contributed by atoms with Crippen LogP contribution in [0.2, 0.25) is 0 Å². The number of aliphatic hydroxyl groups excluding tert-OH is 2. The Bertz CT molecular complexity index is 4190. The number of primary amides is 2. The number of carboxylic acids is 1. The summed E-state index contributed by atoms with van der Waals surface area (Å²) in [5.41, 5.74) is 40.7. The summed E-state index contributed by atoms with van der Waals surface area (Å²) < 4.78 is 0. The van der Waals surface area contributed by atoms with Crippen LogP contribution < -0.4 is 120 Å². The first-order chi connectivity index (χ1) is 60.7. The molecule has 2 aromatic heterocycles. The van der Waals surface area contributed by atoms with Gasteiger partial charge < -0.3 is 150 Å². The van der Waals surface area contributed by atoms with Crippen LogP contribution in [0.3, 0.4) is 0 Å². The number of aromatic nitrogens is 4. The third-order valence-electron chi connectivity index (χ3n) is 20.3. The Morgan fingerprint density at radius 3 is 1.34 bits per heavy atom. The third kappa shape index (κ3) is 38.7. The Balaban J connectivity index is 1.55. The normalized spacial score (nSPS) is 15.8. The fourth-order valence-corrected chi connectivity index (χ4v) is 13.6. The number of aliphatic hydroxyl groups is 2. The molecule has 0 radical (unpaired) electrons. The molecule has 0 aliphatic carbocycles. The highest BCUT2D eigenvalue weighted by atomic mass is 32.1. The molecule has 4 rings (SSSR count). The van der Waals surface area contributed by atoms with Crippen molar-refractivity contribution in [1.29, 1.82) is 10.8 Å². The molecule has 16 atom stereocenters. The fourth-order valence-electron chi connectivity index (χ4n) is 13.3. The first kappa shape index (κ1) is 108. The molecule has 1 aliphatic heterocycles. The molecule has 1 aliphatic rings. The Morgan fingerprint density at radius 1 is 0.477 bits per heavy atom. The molecular weight excluding hydrogens is 1700 g/mol. The second-order valence-corrected chi connectivity index (χ2v) is 31.5. The zero-order valence-corrected chi connectivity index (χ0v) is 72.9. The number of carboxylic acid groups (broad SMARTS) is 1. The number of nitrogens with two attached hydrogens (primary N) is 7. The van der Waals surface area contributed by atoms with Crippen LogP contribution in [0, 0.1) is 16.7 Å². The SMILES string of the molecule is CC(C)[C@H](NC(=O)CNC(=O)[C@@H](NC(=O)[C@H](Cc1c[nH]cn1)NC(=O)[C@H](CCCNC(=N)N)NC(=O)[C@H](CCCNC(=N)N)NC(=O)[C@H](CCC(N)=O)NC(=O)[C@@H](N)Cc1c[nH]cn1)[C@@H](C)O)C(=O)N[C@@H](CCCCN)C(=O)N1CCC[C@H]1C(=O)N[C@@H](Cc1ccccc1)C(=O)N[C@@H](CCC(N)=O)C(=O)N[C@@H](CS)C(=O)N[C@@H](CCCCN)C(=O)N[C@H](C(=O)O)[C@@H](C)O. The average molecular weight is 1820 g/mol. The van der Waals surface area contributed by atoms with E-state index in [0.29, 0.717) is 24.1 Å². The van der Waals surface area contributed by atoms with Crippen LogP contribution in [0.1, 0.15) is 147 Å². The van der Waals surface area contributed by atoms with E-state index in [-0.39, 0.29) is 122 Å². The first-order valence-corrected chi connectivity index (χ1v) is 42.6. The van der Waals surface area contributed by atoms with Crippen LogP contribution in [0.15, 0.2) is 55.4 Å². The van der Waals surface area contributed by atoms with Gasteiger partial charge in [0.05, 0.1) is 48.8 Å². The van der Waals surface area contributed by atoms with Crippen molar-refractivity contribution in [2.24, 2.45) is 46.1 Å². The minimum atomic E-state index is -1.88. The highest BCUT2D eigenvalue weighted by Gasteiger charge is 2.42. The van der Waals surface area contributed by atoms with Crippen LogP contribution >= 0.6 is 12.6 Å². The third-order valence-corrected chi connectivity index (χ3v) is 20.7. The van der Waals surface area contributed by atoms with Gasteiger partial charge in [0.25, 0.3) is 0 Å². The van der Waals surface area contributed by atoms with Gasteiger partial charge in [0.1, 0.15) is 72.5 Å². The van der Waals surface area contributed by atoms with Gasteiger partial charge in [-0.1, -0.05) is 44.2 Å². The number of unbranched alkanes of at least 4 members (excludes halogenated alkanes) is 2. The molecule has 1 aromatic carbocycles. The fraction of sp³-hybridized carbons (Fsp3) is 0.603. The van der Waals surface area contributed by atoms with E-state index in [2.05, 4.69) is 112 Å². The monoisotopic (exact) mass is 1820 g/mol. The molecule has 3 aromatic rings. The summed E-state index contributed by atoms with van der Waals surface area (Å²) in [6.07, 6.45) is 1.01. The molecule has 0 saturated carbocycles. The topological polar surface area (TPSA) is 822 Å². The number of aliphatic carboxylic acids is 1. The molecule has 3 heterocycles. The van der Waals surface area contributed by atoms with Crippen LogP contribution in [-0.4, -0.2) is 294 Å². The average Bonchev–Trinajstić information content (AvgIpc) is 1.65. The van der Waals surface area contributed by atoms with Crippen molar-refractivity contribution in [2.45, 2.75) is 246 Å². The van der Waals surface area contributed by atoms with Crippen LogP contribution in [-0.2, 0) is 101 Å². The van der Waals surface area contributed by atoms with Gasteiger partial charge in [0, 0.05) is 69.9 Å². The number of nitrogens with zero attached hydrogens (tertiary/aromatic N) is 3. The number of thiol groups is 1. The number of rotatable bonds is 60. The smallest absolute Gasteiger partial charge is 0.328 e. The Labute approximate surface area is 744 Å². The number of aromatic amines is 2. The summed E-state index contributed by atoms with van der Waals surface area (Å²) in [6, 6.07) is -13.0. The number of nitrogens with one attached hydrogen (secondary N) is 19. The first-order valence-electron chi connectivity index (χ1n) is 42.0. The maximum atomic E-state index is 14.9. The summed E-state index contributed by atoms with van der Waals surface area (Å²) in [7, 11) is 0. The summed E-state index contributed by atoms with van der Waals surface area (Å²) in [5.74, 6) is -18.8. The number of benzene rings is 1. The van der Waals surface area contributed by atoms with Gasteiger partial charge in [0.2, 0.25) is 94.5 Å². The minimum Gasteiger partial charge on any atom is -0.480 e. The lowest BCUT2D eigenvalue weighted by Crippen LogP contribution is -2.61. The molecule has 50 heteroatoms. The van der Waals surface area contributed by atoms with E-state index >= 15 is 0 Å². The molecule has 128 heavy (non-hydrogen) atoms. The molecule has 710 valence electrons. The van der Waals surface area contributed by atoms with E-state index in [1.54, 1.807) is 44.2 Å². The van der Waals surface area contributed by atoms with Crippen molar-refractivity contribution in [2.75, 3.05) is 45.0 Å². The number of imidazole rings is 2. The lowest BCUT2D eigenvalue weighted by atomic mass is 10.0. The summed E-state index contributed by atoms with van der Waals surface area (Å²) in [6.45, 7) is 4.83. The van der Waals surface area contributed by atoms with Gasteiger partial charge in [-0.15, -0.1) is 0 Å². The summed E-state index contributed by atoms with van der Waals surface area (Å²) in [4.78, 5) is 250. The van der Waals surface area contributed by atoms with Crippen molar-refractivity contribution in [1.82, 2.24) is 105 Å². The molecule has 0 unspecified atom stereocenters. The molecule has 36 N–H and O–H groups in total. The largest absolute Gasteiger partial charge is 0.480 e. The lowest BCUT2D eigenvalue weighted by molar-refractivity contribution is -0.145. The predicted molar refractivity (Wildman–Crippen MR) is 464 cm³/mol. The van der Waals surface area contributed by atoms with E-state index in [9.17, 15) is 96.8 Å². The van der Waals surface area contributed by atoms with Crippen LogP contribution in [0.25, 0.3) is 0 Å². The number of guanidine groups is 2. The van der Waals surface area contributed by atoms with E-state index in [0.717, 1.165) is 13.8 Å². The van der Waals surface area contributed by atoms with Crippen molar-refractivity contribution in [3.8, 4) is 0 Å². The van der Waals surface area contributed by atoms with Gasteiger partial charge in [-0.05, 0) is 128 Å². The highest BCUT2D eigenvalue weighted by Crippen LogP contribution is 2.22. The maximum Gasteiger partial charge on any atom is 0.328 e. The van der Waals surface area contributed by atoms with Gasteiger partial charge in [-0.2, -0.15) is 12.6 Å². The summed E-state index contributed by atoms with van der Waals surface area (Å²) >= 11 is 4.24. The molecule has 1 fully saturated rings. The van der Waals surface area contributed by atoms with E-state index < -0.39 is 253 Å². The van der Waals surface area contributed by atoms with Crippen molar-refractivity contribution in [3.05, 3.63) is 72.3 Å². The predicted octanol–water partition coefficient (Wildman–Crippen LogP) is -9.84. The number of H-pyrrole nitrogens is 2. The lowest BCUT2D eigenvalue weighted by Gasteiger charge is -2.31. The molecule has 16 amide bonds. The number of hydrogen-bond acceptors (Lipinski definition) is 27. The molecule has 1 saturated heterocycles. The van der Waals surface area contributed by atoms with E-state index in [1.165, 1.54) is 29.9 Å². The van der Waals surface area contributed by atoms with Gasteiger partial charge >= 0.3 is 5.97 Å². The summed E-state index contributed by atoms with van der Waals surface area (Å²) in [5, 5.41) is 83.7. The Hall–Kier alpha value is -12.7. The highest BCUT2D eigenvalue weighted by molar-refractivity contribution is 7.80. The van der Waals surface area contributed by atoms with Crippen molar-refractivity contribution < 1.29 is 96.8 Å². The molecule has 49 nitrogen and oxygen atoms in total. The van der Waals surface area contributed by atoms with Crippen molar-refractivity contribution in [3.63, 3.8) is 0 Å². The Kier molecular flexibility index (Phi) is 47.4. The van der Waals surface area contributed by atoms with Gasteiger partial charge in [-0.3, -0.25) is 87.5 Å². The molecule has 0 bridgehead atoms. The standard InChI is InChI=1S/C78H127N29O20S/c1-40(2)60(74(124)100-52(18-9-11-27-80)75(125)107-30-14-21-56(107)72(122)102-53(31-43-15-6-5-7-16-43)69(119)99-51(23-25-58(83)111)67(117)103-55(37-128)71(121)98-47(17-8-10-26-79)68(118)106-62(42(4)109)76(126)127)104-59(112)36-92-73(123)61(41(3)108)105-70(120)54(33-45-35-89-39-94-45)101-65(115)49(20-13-29-91-78(86)87)96-64(114)48(19-12-28-90-77(84)85)97-66(116)50(22-24-57(82)110)95-63(113)46(81)32-44-34-88-38-93-44/h5-7,15-16,34-35,38-42,46-56,60-62,108-109,128H,8-14,17-33,36-37,79-81H2,1-4H3,(H2,82,110)(H2,83,111)(H,88,93)(H,89,94)(H,92,123)(H,95,113)(H,96,114)(H,97,116)(H,98,121)(H,99,119)(H,100,124)(H,101,115)(H,102,122)(H,103,117)(H,104,112)(H,105,120)(H,106,118)(H,126,127)(H4,84,85,90)(H4,86,87,91)/t41-,42-,46+,47+,48+,49+,50+,51+,52+,53+,54+,55+,56+,60+,61+,62+/m1/s1. The number of amides is 16. The second kappa shape index (κ2) is 56.4. The number of carbonyl (C=O) groups excluding carboxylic acids is 16. The van der Waals surface area contributed by atoms with E-state index in [4.69, 9.17) is 51.0 Å². The van der Waals surface area contributed by atoms with Gasteiger partial charge in [0.15, 0.2) is 18.0 Å². The minimum absolute atomic E-state index is 0.00329. The van der Waals surface area contributed by atoms with Gasteiger partial charge in [-0.25, -0.2) is 14.8 Å². The second-order valence-electron chi connectivity index (χ2n) is 31.1. The number of carbonyl (C=O) groups is 17.